The third-order valence-electron chi connectivity index (χ3n) is 2.74. The van der Waals surface area contributed by atoms with Crippen molar-refractivity contribution in [1.29, 1.82) is 0 Å². The Morgan fingerprint density at radius 3 is 2.62 bits per heavy atom. The molecule has 0 spiro atoms. The fraction of sp³-hybridized carbons (Fsp3) is 0.818. The summed E-state index contributed by atoms with van der Waals surface area (Å²) in [5.41, 5.74) is -0.427. The Bertz CT molecular complexity index is 189. The molecule has 1 N–H and O–H groups in total. The maximum atomic E-state index is 10.1. The molecule has 74 valence electrons. The molecule has 0 saturated heterocycles. The monoisotopic (exact) mass is 181 g/mol. The maximum Gasteiger partial charge on any atom is 0.0774 e. The minimum absolute atomic E-state index is 0.427. The van der Waals surface area contributed by atoms with Crippen LogP contribution in [0.1, 0.15) is 32.1 Å². The van der Waals surface area contributed by atoms with Crippen LogP contribution in [0.4, 0.5) is 0 Å². The molecule has 1 aliphatic carbocycles. The van der Waals surface area contributed by atoms with E-state index < -0.39 is 5.60 Å². The summed E-state index contributed by atoms with van der Waals surface area (Å²) in [6.07, 6.45) is 10.2. The topological polar surface area (TPSA) is 23.5 Å². The molecule has 0 aliphatic heterocycles. The molecule has 0 aromatic rings. The predicted molar refractivity (Wildman–Crippen MR) is 54.4 cm³/mol. The number of hydrogen-bond donors (Lipinski definition) is 1. The Morgan fingerprint density at radius 2 is 2.08 bits per heavy atom. The van der Waals surface area contributed by atoms with Crippen LogP contribution in [0, 0.1) is 12.3 Å². The van der Waals surface area contributed by atoms with Gasteiger partial charge in [0.1, 0.15) is 0 Å². The van der Waals surface area contributed by atoms with E-state index in [1.165, 1.54) is 12.8 Å². The lowest BCUT2D eigenvalue weighted by atomic mass is 10.0. The van der Waals surface area contributed by atoms with E-state index in [9.17, 15) is 5.11 Å². The summed E-state index contributed by atoms with van der Waals surface area (Å²) in [6.45, 7) is 1.66. The molecular weight excluding hydrogens is 162 g/mol. The highest BCUT2D eigenvalue weighted by Gasteiger charge is 2.31. The second kappa shape index (κ2) is 4.64. The number of likely N-dealkylation sites (N-methyl/N-ethyl adjacent to an activating group) is 1. The van der Waals surface area contributed by atoms with Crippen LogP contribution in [0.15, 0.2) is 0 Å². The zero-order valence-electron chi connectivity index (χ0n) is 8.42. The van der Waals surface area contributed by atoms with Crippen molar-refractivity contribution in [2.24, 2.45) is 0 Å². The molecule has 0 aromatic heterocycles. The molecule has 1 rings (SSSR count). The van der Waals surface area contributed by atoms with Crippen LogP contribution in [0.5, 0.6) is 0 Å². The lowest BCUT2D eigenvalue weighted by Gasteiger charge is -2.28. The van der Waals surface area contributed by atoms with E-state index >= 15 is 0 Å². The molecule has 0 radical (unpaired) electrons. The molecular formula is C11H19NO. The van der Waals surface area contributed by atoms with E-state index in [0.717, 1.165) is 32.4 Å². The van der Waals surface area contributed by atoms with Gasteiger partial charge in [-0.25, -0.2) is 0 Å². The van der Waals surface area contributed by atoms with Crippen LogP contribution in [-0.2, 0) is 0 Å². The number of terminal acetylenes is 1. The molecule has 0 atom stereocenters. The number of hydrogen-bond acceptors (Lipinski definition) is 2. The third kappa shape index (κ3) is 3.38. The summed E-state index contributed by atoms with van der Waals surface area (Å²) in [5.74, 6) is 2.61. The predicted octanol–water partition coefficient (Wildman–Crippen LogP) is 1.25. The zero-order valence-corrected chi connectivity index (χ0v) is 8.42. The number of rotatable bonds is 4. The first kappa shape index (κ1) is 10.6. The van der Waals surface area contributed by atoms with Crippen molar-refractivity contribution in [3.05, 3.63) is 0 Å². The lowest BCUT2D eigenvalue weighted by molar-refractivity contribution is 0.0170. The second-order valence-corrected chi connectivity index (χ2v) is 4.12. The van der Waals surface area contributed by atoms with Crippen LogP contribution in [0.3, 0.4) is 0 Å². The van der Waals surface area contributed by atoms with E-state index in [0.29, 0.717) is 0 Å². The van der Waals surface area contributed by atoms with Crippen molar-refractivity contribution in [3.8, 4) is 12.3 Å². The molecule has 1 fully saturated rings. The molecule has 2 nitrogen and oxygen atoms in total. The van der Waals surface area contributed by atoms with Gasteiger partial charge in [-0.1, -0.05) is 12.8 Å². The second-order valence-electron chi connectivity index (χ2n) is 4.12. The fourth-order valence-electron chi connectivity index (χ4n) is 2.03. The van der Waals surface area contributed by atoms with Crippen LogP contribution in [0.2, 0.25) is 0 Å². The van der Waals surface area contributed by atoms with Gasteiger partial charge in [-0.3, -0.25) is 0 Å². The first-order valence-electron chi connectivity index (χ1n) is 5.01. The minimum Gasteiger partial charge on any atom is -0.389 e. The van der Waals surface area contributed by atoms with E-state index in [1.54, 1.807) is 0 Å². The molecule has 0 amide bonds. The van der Waals surface area contributed by atoms with Gasteiger partial charge >= 0.3 is 0 Å². The van der Waals surface area contributed by atoms with E-state index in [-0.39, 0.29) is 0 Å². The van der Waals surface area contributed by atoms with Gasteiger partial charge in [0.2, 0.25) is 0 Å². The molecule has 0 heterocycles. The van der Waals surface area contributed by atoms with Crippen molar-refractivity contribution >= 4 is 0 Å². The van der Waals surface area contributed by atoms with E-state index in [1.807, 2.05) is 7.05 Å². The average molecular weight is 181 g/mol. The molecule has 1 saturated carbocycles. The molecule has 0 bridgehead atoms. The van der Waals surface area contributed by atoms with Gasteiger partial charge < -0.3 is 10.0 Å². The third-order valence-corrected chi connectivity index (χ3v) is 2.74. The van der Waals surface area contributed by atoms with Crippen molar-refractivity contribution in [1.82, 2.24) is 4.90 Å². The average Bonchev–Trinajstić information content (AvgIpc) is 2.48. The van der Waals surface area contributed by atoms with Crippen molar-refractivity contribution in [2.45, 2.75) is 37.7 Å². The molecule has 13 heavy (non-hydrogen) atoms. The molecule has 0 unspecified atom stereocenters. The standard InChI is InChI=1S/C11H19NO/c1-3-4-9-12(2)10-11(13)7-5-6-8-11/h1,13H,4-10H2,2H3. The van der Waals surface area contributed by atoms with Crippen LogP contribution in [-0.4, -0.2) is 35.7 Å². The van der Waals surface area contributed by atoms with Gasteiger partial charge in [-0.2, -0.15) is 0 Å². The Morgan fingerprint density at radius 1 is 1.46 bits per heavy atom. The lowest BCUT2D eigenvalue weighted by Crippen LogP contribution is -2.39. The smallest absolute Gasteiger partial charge is 0.0774 e. The number of nitrogens with zero attached hydrogens (tertiary/aromatic N) is 1. The molecule has 0 aromatic carbocycles. The highest BCUT2D eigenvalue weighted by molar-refractivity contribution is 4.89. The quantitative estimate of drug-likeness (QED) is 0.660. The van der Waals surface area contributed by atoms with Crippen LogP contribution < -0.4 is 0 Å². The van der Waals surface area contributed by atoms with Gasteiger partial charge in [0, 0.05) is 19.5 Å². The van der Waals surface area contributed by atoms with Crippen molar-refractivity contribution < 1.29 is 5.11 Å². The summed E-state index contributed by atoms with van der Waals surface area (Å²) in [5, 5.41) is 10.1. The van der Waals surface area contributed by atoms with E-state index in [2.05, 4.69) is 10.8 Å². The Hall–Kier alpha value is -0.520. The summed E-state index contributed by atoms with van der Waals surface area (Å²) < 4.78 is 0. The van der Waals surface area contributed by atoms with Gasteiger partial charge in [-0.05, 0) is 19.9 Å². The van der Waals surface area contributed by atoms with Gasteiger partial charge in [0.15, 0.2) is 0 Å². The maximum absolute atomic E-state index is 10.1. The largest absolute Gasteiger partial charge is 0.389 e. The van der Waals surface area contributed by atoms with Gasteiger partial charge in [0.25, 0.3) is 0 Å². The molecule has 1 aliphatic rings. The Kier molecular flexibility index (Phi) is 3.77. The summed E-state index contributed by atoms with van der Waals surface area (Å²) >= 11 is 0. The van der Waals surface area contributed by atoms with Gasteiger partial charge in [-0.15, -0.1) is 12.3 Å². The normalized spacial score (nSPS) is 20.5. The summed E-state index contributed by atoms with van der Waals surface area (Å²) in [7, 11) is 2.02. The minimum atomic E-state index is -0.427. The summed E-state index contributed by atoms with van der Waals surface area (Å²) in [4.78, 5) is 2.13. The van der Waals surface area contributed by atoms with Gasteiger partial charge in [0.05, 0.1) is 5.60 Å². The highest BCUT2D eigenvalue weighted by atomic mass is 16.3. The van der Waals surface area contributed by atoms with Crippen molar-refractivity contribution in [3.63, 3.8) is 0 Å². The first-order valence-corrected chi connectivity index (χ1v) is 5.01. The Labute approximate surface area is 80.9 Å². The fourth-order valence-corrected chi connectivity index (χ4v) is 2.03. The zero-order chi connectivity index (χ0) is 9.73. The molecule has 2 heteroatoms. The summed E-state index contributed by atoms with van der Waals surface area (Å²) in [6, 6.07) is 0. The van der Waals surface area contributed by atoms with Crippen LogP contribution in [0.25, 0.3) is 0 Å². The first-order chi connectivity index (χ1) is 6.16. The Balaban J connectivity index is 2.26. The van der Waals surface area contributed by atoms with Crippen molar-refractivity contribution in [2.75, 3.05) is 20.1 Å². The van der Waals surface area contributed by atoms with E-state index in [4.69, 9.17) is 6.42 Å². The highest BCUT2D eigenvalue weighted by Crippen LogP contribution is 2.29. The SMILES string of the molecule is C#CCCN(C)CC1(O)CCCC1. The van der Waals surface area contributed by atoms with Crippen LogP contribution >= 0.6 is 0 Å². The number of aliphatic hydroxyl groups is 1.